The number of rotatable bonds is 12. The van der Waals surface area contributed by atoms with E-state index in [0.29, 0.717) is 51.7 Å². The van der Waals surface area contributed by atoms with Crippen molar-refractivity contribution in [2.24, 2.45) is 11.8 Å². The molecule has 1 aliphatic rings. The average molecular weight is 534 g/mol. The van der Waals surface area contributed by atoms with Crippen LogP contribution in [0.2, 0.25) is 0 Å². The Balaban J connectivity index is 1.69. The molecule has 1 aromatic carbocycles. The normalized spacial score (nSPS) is 15.9. The molecule has 1 fully saturated rings. The van der Waals surface area contributed by atoms with Gasteiger partial charge < -0.3 is 30.5 Å². The van der Waals surface area contributed by atoms with Gasteiger partial charge in [-0.05, 0) is 76.5 Å². The van der Waals surface area contributed by atoms with Crippen LogP contribution < -0.4 is 10.6 Å². The first-order valence-electron chi connectivity index (χ1n) is 13.3. The summed E-state index contributed by atoms with van der Waals surface area (Å²) in [6, 6.07) is 5.83. The van der Waals surface area contributed by atoms with Gasteiger partial charge in [-0.1, -0.05) is 19.1 Å². The van der Waals surface area contributed by atoms with E-state index in [-0.39, 0.29) is 41.9 Å². The molecule has 1 aliphatic heterocycles. The van der Waals surface area contributed by atoms with Gasteiger partial charge in [-0.3, -0.25) is 14.4 Å². The summed E-state index contributed by atoms with van der Waals surface area (Å²) in [5.74, 6) is -0.740. The minimum absolute atomic E-state index is 0.0482. The van der Waals surface area contributed by atoms with Crippen LogP contribution in [0, 0.1) is 11.8 Å². The zero-order chi connectivity index (χ0) is 28.3. The molecule has 0 spiro atoms. The van der Waals surface area contributed by atoms with E-state index in [1.165, 1.54) is 0 Å². The van der Waals surface area contributed by atoms with Crippen molar-refractivity contribution >= 4 is 23.7 Å². The molecule has 0 aromatic heterocycles. The minimum atomic E-state index is -0.789. The lowest BCUT2D eigenvalue weighted by Gasteiger charge is -2.33. The Morgan fingerprint density at radius 1 is 1.08 bits per heavy atom. The van der Waals surface area contributed by atoms with Gasteiger partial charge in [-0.25, -0.2) is 4.79 Å². The number of benzene rings is 1. The zero-order valence-corrected chi connectivity index (χ0v) is 23.0. The number of carbonyl (C=O) groups is 4. The summed E-state index contributed by atoms with van der Waals surface area (Å²) >= 11 is 0. The van der Waals surface area contributed by atoms with Gasteiger partial charge in [0.1, 0.15) is 18.0 Å². The predicted octanol–water partition coefficient (Wildman–Crippen LogP) is 2.55. The molecule has 212 valence electrons. The van der Waals surface area contributed by atoms with Crippen molar-refractivity contribution in [2.45, 2.75) is 77.9 Å². The van der Waals surface area contributed by atoms with E-state index in [0.717, 1.165) is 5.56 Å². The topological polar surface area (TPSA) is 145 Å². The standard InChI is InChI=1S/C28H43N3O7/c1-19(17-29-26(36)21-13-15-31(16-14-21)27(37)38-28(2,3)4)5-12-25(35)30-23(24(34)18-32)11-8-20-6-9-22(33)10-7-20/h6-7,9-10,19,21,23,32-33H,5,8,11-18H2,1-4H3,(H,29,36)(H,30,35). The number of aliphatic hydroxyl groups excluding tert-OH is 1. The number of aliphatic hydroxyl groups is 1. The van der Waals surface area contributed by atoms with Crippen LogP contribution in [0.1, 0.15) is 65.4 Å². The molecule has 3 amide bonds. The maximum Gasteiger partial charge on any atom is 0.410 e. The third-order valence-electron chi connectivity index (χ3n) is 6.54. The number of amides is 3. The van der Waals surface area contributed by atoms with E-state index < -0.39 is 24.0 Å². The number of piperidine rings is 1. The summed E-state index contributed by atoms with van der Waals surface area (Å²) in [4.78, 5) is 51.0. The Morgan fingerprint density at radius 3 is 2.29 bits per heavy atom. The Morgan fingerprint density at radius 2 is 1.71 bits per heavy atom. The quantitative estimate of drug-likeness (QED) is 0.323. The minimum Gasteiger partial charge on any atom is -0.508 e. The van der Waals surface area contributed by atoms with Crippen molar-refractivity contribution in [1.29, 1.82) is 0 Å². The number of carbonyl (C=O) groups excluding carboxylic acids is 4. The third kappa shape index (κ3) is 11.1. The molecule has 4 N–H and O–H groups in total. The first kappa shape index (κ1) is 31.1. The second kappa shape index (κ2) is 14.7. The van der Waals surface area contributed by atoms with Gasteiger partial charge in [0, 0.05) is 32.0 Å². The number of phenols is 1. The molecular formula is C28H43N3O7. The van der Waals surface area contributed by atoms with Crippen molar-refractivity contribution in [3.8, 4) is 5.75 Å². The molecule has 10 nitrogen and oxygen atoms in total. The van der Waals surface area contributed by atoms with E-state index in [1.807, 2.05) is 27.7 Å². The lowest BCUT2D eigenvalue weighted by molar-refractivity contribution is -0.129. The first-order chi connectivity index (χ1) is 17.9. The van der Waals surface area contributed by atoms with Gasteiger partial charge in [0.05, 0.1) is 6.04 Å². The van der Waals surface area contributed by atoms with Gasteiger partial charge in [-0.15, -0.1) is 0 Å². The number of likely N-dealkylation sites (tertiary alicyclic amines) is 1. The molecule has 2 rings (SSSR count). The van der Waals surface area contributed by atoms with E-state index in [9.17, 15) is 29.4 Å². The molecule has 0 radical (unpaired) electrons. The maximum absolute atomic E-state index is 12.6. The largest absolute Gasteiger partial charge is 0.508 e. The van der Waals surface area contributed by atoms with Crippen molar-refractivity contribution in [3.05, 3.63) is 29.8 Å². The highest BCUT2D eigenvalue weighted by Crippen LogP contribution is 2.20. The van der Waals surface area contributed by atoms with Crippen molar-refractivity contribution in [1.82, 2.24) is 15.5 Å². The number of phenolic OH excluding ortho intramolecular Hbond substituents is 1. The Hall–Kier alpha value is -3.14. The Kier molecular flexibility index (Phi) is 12.0. The van der Waals surface area contributed by atoms with Crippen molar-refractivity contribution in [3.63, 3.8) is 0 Å². The van der Waals surface area contributed by atoms with Crippen LogP contribution in [0.15, 0.2) is 24.3 Å². The summed E-state index contributed by atoms with van der Waals surface area (Å²) in [7, 11) is 0. The van der Waals surface area contributed by atoms with Crippen LogP contribution in [0.25, 0.3) is 0 Å². The summed E-state index contributed by atoms with van der Waals surface area (Å²) in [6.07, 6.45) is 2.37. The summed E-state index contributed by atoms with van der Waals surface area (Å²) in [5, 5.41) is 24.4. The highest BCUT2D eigenvalue weighted by Gasteiger charge is 2.30. The van der Waals surface area contributed by atoms with Crippen LogP contribution >= 0.6 is 0 Å². The summed E-state index contributed by atoms with van der Waals surface area (Å²) in [6.45, 7) is 8.14. The fourth-order valence-electron chi connectivity index (χ4n) is 4.21. The van der Waals surface area contributed by atoms with Gasteiger partial charge in [0.2, 0.25) is 11.8 Å². The van der Waals surface area contributed by atoms with E-state index in [2.05, 4.69) is 10.6 Å². The number of aromatic hydroxyl groups is 1. The summed E-state index contributed by atoms with van der Waals surface area (Å²) < 4.78 is 5.39. The molecule has 1 saturated heterocycles. The molecule has 10 heteroatoms. The van der Waals surface area contributed by atoms with Crippen LogP contribution in [0.5, 0.6) is 5.75 Å². The lowest BCUT2D eigenvalue weighted by atomic mass is 9.95. The number of nitrogens with zero attached hydrogens (tertiary/aromatic N) is 1. The molecule has 0 aliphatic carbocycles. The summed E-state index contributed by atoms with van der Waals surface area (Å²) in [5.41, 5.74) is 0.356. The second-order valence-corrected chi connectivity index (χ2v) is 11.1. The van der Waals surface area contributed by atoms with Crippen LogP contribution in [-0.4, -0.2) is 76.7 Å². The zero-order valence-electron chi connectivity index (χ0n) is 23.0. The SMILES string of the molecule is CC(CCC(=O)NC(CCc1ccc(O)cc1)C(=O)CO)CNC(=O)C1CCN(C(=O)OC(C)(C)C)CC1. The fourth-order valence-corrected chi connectivity index (χ4v) is 4.21. The molecule has 1 aromatic rings. The maximum atomic E-state index is 12.6. The lowest BCUT2D eigenvalue weighted by Crippen LogP contribution is -2.45. The van der Waals surface area contributed by atoms with Gasteiger partial charge in [0.15, 0.2) is 5.78 Å². The van der Waals surface area contributed by atoms with E-state index in [4.69, 9.17) is 4.74 Å². The van der Waals surface area contributed by atoms with Crippen LogP contribution in [-0.2, 0) is 25.5 Å². The second-order valence-electron chi connectivity index (χ2n) is 11.1. The number of hydrogen-bond acceptors (Lipinski definition) is 7. The van der Waals surface area contributed by atoms with Crippen molar-refractivity contribution < 1.29 is 34.1 Å². The molecule has 2 unspecified atom stereocenters. The highest BCUT2D eigenvalue weighted by molar-refractivity contribution is 5.89. The number of ether oxygens (including phenoxy) is 1. The Bertz CT molecular complexity index is 935. The number of Topliss-reactive ketones (excluding diaryl/α,β-unsaturated/α-hetero) is 1. The van der Waals surface area contributed by atoms with Gasteiger partial charge in [-0.2, -0.15) is 0 Å². The van der Waals surface area contributed by atoms with E-state index >= 15 is 0 Å². The molecule has 1 heterocycles. The van der Waals surface area contributed by atoms with E-state index in [1.54, 1.807) is 29.2 Å². The number of aryl methyl sites for hydroxylation is 1. The third-order valence-corrected chi connectivity index (χ3v) is 6.54. The first-order valence-corrected chi connectivity index (χ1v) is 13.3. The number of hydrogen-bond donors (Lipinski definition) is 4. The monoisotopic (exact) mass is 533 g/mol. The molecule has 0 saturated carbocycles. The van der Waals surface area contributed by atoms with Crippen LogP contribution in [0.3, 0.4) is 0 Å². The smallest absolute Gasteiger partial charge is 0.410 e. The van der Waals surface area contributed by atoms with Crippen molar-refractivity contribution in [2.75, 3.05) is 26.2 Å². The Labute approximate surface area is 225 Å². The van der Waals surface area contributed by atoms with Gasteiger partial charge >= 0.3 is 6.09 Å². The average Bonchev–Trinajstić information content (AvgIpc) is 2.88. The van der Waals surface area contributed by atoms with Gasteiger partial charge in [0.25, 0.3) is 0 Å². The number of ketones is 1. The molecule has 0 bridgehead atoms. The molecule has 38 heavy (non-hydrogen) atoms. The fraction of sp³-hybridized carbons (Fsp3) is 0.643. The number of nitrogens with one attached hydrogen (secondary N) is 2. The predicted molar refractivity (Wildman–Crippen MR) is 142 cm³/mol. The highest BCUT2D eigenvalue weighted by atomic mass is 16.6. The molecule has 2 atom stereocenters. The molecular weight excluding hydrogens is 490 g/mol. The van der Waals surface area contributed by atoms with Crippen LogP contribution in [0.4, 0.5) is 4.79 Å².